The monoisotopic (exact) mass is 381 g/mol. The molecule has 0 saturated heterocycles. The van der Waals surface area contributed by atoms with Gasteiger partial charge in [0.15, 0.2) is 0 Å². The Balaban J connectivity index is 1.70. The lowest BCUT2D eigenvalue weighted by molar-refractivity contribution is -0.118. The largest absolute Gasteiger partial charge is 0.492 e. The number of rotatable bonds is 5. The molecule has 8 heteroatoms. The number of aliphatic imine (C=N–C) groups is 1. The molecule has 1 N–H and O–H groups in total. The summed E-state index contributed by atoms with van der Waals surface area (Å²) in [6.45, 7) is 4.30. The number of fused-ring (bicyclic) bond motifs is 1. The lowest BCUT2D eigenvalue weighted by Crippen LogP contribution is -2.38. The summed E-state index contributed by atoms with van der Waals surface area (Å²) in [5.74, 6) is 0.521. The maximum atomic E-state index is 13.3. The molecule has 3 aromatic rings. The second-order valence-electron chi connectivity index (χ2n) is 6.11. The molecule has 0 aliphatic carbocycles. The van der Waals surface area contributed by atoms with Crippen molar-refractivity contribution >= 4 is 34.6 Å². The molecule has 27 heavy (non-hydrogen) atoms. The number of hydrogen-bond acceptors (Lipinski definition) is 6. The van der Waals surface area contributed by atoms with Gasteiger partial charge in [-0.25, -0.2) is 9.67 Å². The smallest absolute Gasteiger partial charge is 0.248 e. The van der Waals surface area contributed by atoms with Crippen molar-refractivity contribution in [2.24, 2.45) is 10.9 Å². The number of ether oxygens (including phenoxy) is 1. The average molecular weight is 381 g/mol. The quantitative estimate of drug-likeness (QED) is 0.731. The summed E-state index contributed by atoms with van der Waals surface area (Å²) >= 11 is 1.59. The molecule has 0 radical (unpaired) electrons. The number of para-hydroxylation sites is 2. The second kappa shape index (κ2) is 7.32. The van der Waals surface area contributed by atoms with Crippen LogP contribution in [0.15, 0.2) is 53.1 Å². The van der Waals surface area contributed by atoms with Crippen molar-refractivity contribution in [2.75, 3.05) is 11.9 Å². The highest BCUT2D eigenvalue weighted by molar-refractivity contribution is 7.10. The minimum absolute atomic E-state index is 0.150. The summed E-state index contributed by atoms with van der Waals surface area (Å²) in [6.07, 6.45) is 1.47. The molecular weight excluding hydrogens is 362 g/mol. The summed E-state index contributed by atoms with van der Waals surface area (Å²) in [6, 6.07) is 11.1. The van der Waals surface area contributed by atoms with Crippen molar-refractivity contribution in [3.8, 4) is 5.75 Å². The van der Waals surface area contributed by atoms with E-state index < -0.39 is 5.92 Å². The van der Waals surface area contributed by atoms with Crippen LogP contribution >= 0.6 is 11.3 Å². The number of aromatic nitrogens is 3. The van der Waals surface area contributed by atoms with E-state index in [2.05, 4.69) is 20.4 Å². The van der Waals surface area contributed by atoms with Gasteiger partial charge in [-0.3, -0.25) is 4.79 Å². The fraction of sp³-hybridized carbons (Fsp3) is 0.263. The van der Waals surface area contributed by atoms with E-state index in [4.69, 9.17) is 4.74 Å². The van der Waals surface area contributed by atoms with E-state index in [1.807, 2.05) is 55.6 Å². The first-order chi connectivity index (χ1) is 13.2. The summed E-state index contributed by atoms with van der Waals surface area (Å²) in [5, 5.41) is 9.32. The molecule has 1 aliphatic rings. The molecule has 0 bridgehead atoms. The van der Waals surface area contributed by atoms with Crippen LogP contribution in [0.5, 0.6) is 5.75 Å². The zero-order valence-corrected chi connectivity index (χ0v) is 15.8. The summed E-state index contributed by atoms with van der Waals surface area (Å²) in [5.41, 5.74) is 1.35. The predicted molar refractivity (Wildman–Crippen MR) is 105 cm³/mol. The number of amides is 1. The van der Waals surface area contributed by atoms with Gasteiger partial charge in [0.25, 0.3) is 0 Å². The number of thiophene rings is 1. The van der Waals surface area contributed by atoms with Crippen molar-refractivity contribution in [1.29, 1.82) is 0 Å². The average Bonchev–Trinajstić information content (AvgIpc) is 3.33. The van der Waals surface area contributed by atoms with Gasteiger partial charge in [-0.05, 0) is 37.4 Å². The number of nitrogens with zero attached hydrogens (tertiary/aromatic N) is 4. The molecule has 2 atom stereocenters. The summed E-state index contributed by atoms with van der Waals surface area (Å²) in [7, 11) is 0. The van der Waals surface area contributed by atoms with E-state index in [9.17, 15) is 4.79 Å². The Kier molecular flexibility index (Phi) is 4.72. The van der Waals surface area contributed by atoms with Crippen LogP contribution in [0.2, 0.25) is 0 Å². The Hall–Kier alpha value is -3.00. The van der Waals surface area contributed by atoms with E-state index in [1.54, 1.807) is 16.0 Å². The highest BCUT2D eigenvalue weighted by Gasteiger charge is 2.39. The predicted octanol–water partition coefficient (Wildman–Crippen LogP) is 3.69. The van der Waals surface area contributed by atoms with Crippen molar-refractivity contribution in [2.45, 2.75) is 19.9 Å². The number of hydrogen-bond donors (Lipinski definition) is 1. The molecular formula is C19H19N5O2S. The number of nitrogens with one attached hydrogen (secondary N) is 1. The molecule has 138 valence electrons. The van der Waals surface area contributed by atoms with Gasteiger partial charge in [0.1, 0.15) is 24.0 Å². The van der Waals surface area contributed by atoms with Crippen molar-refractivity contribution in [3.63, 3.8) is 0 Å². The standard InChI is InChI=1S/C19H19N5O2S/c1-3-26-14-8-5-4-7-13(14)23-18(25)16-12(2)22-19-20-11-21-24(19)17(16)15-9-6-10-27-15/h4-11,16-17H,3H2,1-2H3,(H,23,25). The third-order valence-electron chi connectivity index (χ3n) is 4.42. The first-order valence-corrected chi connectivity index (χ1v) is 9.57. The highest BCUT2D eigenvalue weighted by Crippen LogP contribution is 2.38. The van der Waals surface area contributed by atoms with Crippen molar-refractivity contribution in [3.05, 3.63) is 53.0 Å². The van der Waals surface area contributed by atoms with Gasteiger partial charge >= 0.3 is 0 Å². The van der Waals surface area contributed by atoms with Crippen LogP contribution in [0.1, 0.15) is 24.8 Å². The van der Waals surface area contributed by atoms with E-state index in [-0.39, 0.29) is 11.9 Å². The van der Waals surface area contributed by atoms with Crippen LogP contribution in [0, 0.1) is 5.92 Å². The molecule has 0 saturated carbocycles. The van der Waals surface area contributed by atoms with Crippen molar-refractivity contribution in [1.82, 2.24) is 14.8 Å². The van der Waals surface area contributed by atoms with Crippen LogP contribution in [0.4, 0.5) is 11.6 Å². The molecule has 3 heterocycles. The Labute approximate surface area is 160 Å². The lowest BCUT2D eigenvalue weighted by atomic mass is 9.91. The third-order valence-corrected chi connectivity index (χ3v) is 5.36. The Bertz CT molecular complexity index is 980. The zero-order valence-electron chi connectivity index (χ0n) is 15.0. The summed E-state index contributed by atoms with van der Waals surface area (Å²) < 4.78 is 7.34. The van der Waals surface area contributed by atoms with E-state index >= 15 is 0 Å². The lowest BCUT2D eigenvalue weighted by Gasteiger charge is -2.29. The van der Waals surface area contributed by atoms with Gasteiger partial charge in [0.05, 0.1) is 12.3 Å². The molecule has 1 aliphatic heterocycles. The highest BCUT2D eigenvalue weighted by atomic mass is 32.1. The van der Waals surface area contributed by atoms with Crippen LogP contribution in [-0.2, 0) is 4.79 Å². The minimum atomic E-state index is -0.493. The van der Waals surface area contributed by atoms with Gasteiger partial charge in [-0.15, -0.1) is 11.3 Å². The van der Waals surface area contributed by atoms with E-state index in [0.717, 1.165) is 4.88 Å². The summed E-state index contributed by atoms with van der Waals surface area (Å²) in [4.78, 5) is 23.0. The molecule has 2 aromatic heterocycles. The number of benzene rings is 1. The van der Waals surface area contributed by atoms with Crippen molar-refractivity contribution < 1.29 is 9.53 Å². The maximum Gasteiger partial charge on any atom is 0.248 e. The van der Waals surface area contributed by atoms with Crippen LogP contribution in [-0.4, -0.2) is 33.0 Å². The van der Waals surface area contributed by atoms with Gasteiger partial charge in [0, 0.05) is 10.6 Å². The van der Waals surface area contributed by atoms with Crippen LogP contribution in [0.25, 0.3) is 0 Å². The Morgan fingerprint density at radius 1 is 1.30 bits per heavy atom. The third kappa shape index (κ3) is 3.23. The molecule has 0 fully saturated rings. The minimum Gasteiger partial charge on any atom is -0.492 e. The maximum absolute atomic E-state index is 13.3. The molecule has 4 rings (SSSR count). The van der Waals surface area contributed by atoms with Gasteiger partial charge in [0.2, 0.25) is 11.9 Å². The molecule has 2 unspecified atom stereocenters. The van der Waals surface area contributed by atoms with Gasteiger partial charge in [-0.1, -0.05) is 18.2 Å². The van der Waals surface area contributed by atoms with Gasteiger partial charge < -0.3 is 10.1 Å². The molecule has 7 nitrogen and oxygen atoms in total. The normalized spacial score (nSPS) is 18.5. The van der Waals surface area contributed by atoms with E-state index in [0.29, 0.717) is 29.7 Å². The molecule has 0 spiro atoms. The van der Waals surface area contributed by atoms with Crippen LogP contribution < -0.4 is 10.1 Å². The second-order valence-corrected chi connectivity index (χ2v) is 7.09. The number of carbonyl (C=O) groups is 1. The topological polar surface area (TPSA) is 81.4 Å². The SMILES string of the molecule is CCOc1ccccc1NC(=O)C1C(C)=Nc2ncnn2C1c1cccs1. The van der Waals surface area contributed by atoms with E-state index in [1.165, 1.54) is 6.33 Å². The molecule has 1 amide bonds. The fourth-order valence-electron chi connectivity index (χ4n) is 3.26. The first-order valence-electron chi connectivity index (χ1n) is 8.69. The Morgan fingerprint density at radius 2 is 2.15 bits per heavy atom. The first kappa shape index (κ1) is 17.4. The zero-order chi connectivity index (χ0) is 18.8. The van der Waals surface area contributed by atoms with Crippen LogP contribution in [0.3, 0.4) is 0 Å². The Morgan fingerprint density at radius 3 is 2.93 bits per heavy atom. The number of anilines is 1. The fourth-order valence-corrected chi connectivity index (χ4v) is 4.10. The van der Waals surface area contributed by atoms with Gasteiger partial charge in [-0.2, -0.15) is 10.1 Å². The molecule has 1 aromatic carbocycles. The number of carbonyl (C=O) groups excluding carboxylic acids is 1.